The number of benzene rings is 2. The third-order valence-corrected chi connectivity index (χ3v) is 8.22. The van der Waals surface area contributed by atoms with Gasteiger partial charge in [0.15, 0.2) is 0 Å². The molecular formula is C32H33N3O2. The van der Waals surface area contributed by atoms with E-state index in [1.165, 1.54) is 40.1 Å². The molecule has 5 heteroatoms. The van der Waals surface area contributed by atoms with Gasteiger partial charge in [-0.25, -0.2) is 0 Å². The highest BCUT2D eigenvalue weighted by atomic mass is 16.2. The van der Waals surface area contributed by atoms with Crippen molar-refractivity contribution in [1.82, 2.24) is 14.8 Å². The van der Waals surface area contributed by atoms with Gasteiger partial charge in [0.05, 0.1) is 22.9 Å². The van der Waals surface area contributed by atoms with E-state index in [4.69, 9.17) is 4.98 Å². The fourth-order valence-electron chi connectivity index (χ4n) is 6.32. The Kier molecular flexibility index (Phi) is 6.71. The highest BCUT2D eigenvalue weighted by molar-refractivity contribution is 6.21. The van der Waals surface area contributed by atoms with E-state index in [0.717, 1.165) is 38.8 Å². The molecule has 37 heavy (non-hydrogen) atoms. The molecule has 2 aliphatic carbocycles. The molecule has 2 heterocycles. The lowest BCUT2D eigenvalue weighted by molar-refractivity contribution is 0.0671. The van der Waals surface area contributed by atoms with E-state index in [9.17, 15) is 9.59 Å². The van der Waals surface area contributed by atoms with Crippen molar-refractivity contribution in [2.45, 2.75) is 44.6 Å². The van der Waals surface area contributed by atoms with Crippen LogP contribution in [0.2, 0.25) is 0 Å². The Labute approximate surface area is 218 Å². The minimum atomic E-state index is -0.201. The average Bonchev–Trinajstić information content (AvgIpc) is 3.19. The molecule has 2 aromatic carbocycles. The molecule has 0 unspecified atom stereocenters. The molecule has 1 aliphatic heterocycles. The first kappa shape index (κ1) is 23.8. The Morgan fingerprint density at radius 2 is 1.57 bits per heavy atom. The number of nitrogens with zero attached hydrogens (tertiary/aromatic N) is 3. The zero-order chi connectivity index (χ0) is 25.2. The van der Waals surface area contributed by atoms with Crippen LogP contribution in [0.15, 0.2) is 79.0 Å². The van der Waals surface area contributed by atoms with Crippen molar-refractivity contribution in [2.75, 3.05) is 19.6 Å². The highest BCUT2D eigenvalue weighted by Crippen LogP contribution is 2.35. The van der Waals surface area contributed by atoms with Gasteiger partial charge in [-0.1, -0.05) is 54.6 Å². The minimum absolute atomic E-state index is 0.201. The third-order valence-electron chi connectivity index (χ3n) is 8.22. The molecule has 0 saturated carbocycles. The molecule has 5 nitrogen and oxygen atoms in total. The normalized spacial score (nSPS) is 20.8. The van der Waals surface area contributed by atoms with Gasteiger partial charge in [-0.2, -0.15) is 0 Å². The fourth-order valence-corrected chi connectivity index (χ4v) is 6.32. The number of fused-ring (bicyclic) bond motifs is 3. The maximum absolute atomic E-state index is 12.7. The summed E-state index contributed by atoms with van der Waals surface area (Å²) in [5, 5.41) is 0. The van der Waals surface area contributed by atoms with E-state index < -0.39 is 0 Å². The second kappa shape index (κ2) is 10.4. The number of aryl methyl sites for hydroxylation is 2. The molecule has 188 valence electrons. The van der Waals surface area contributed by atoms with Crippen LogP contribution in [0.3, 0.4) is 0 Å². The molecule has 2 atom stereocenters. The lowest BCUT2D eigenvalue weighted by Crippen LogP contribution is -2.37. The van der Waals surface area contributed by atoms with Gasteiger partial charge in [0.1, 0.15) is 0 Å². The van der Waals surface area contributed by atoms with Crippen LogP contribution in [0, 0.1) is 5.92 Å². The van der Waals surface area contributed by atoms with Crippen LogP contribution in [0.4, 0.5) is 0 Å². The van der Waals surface area contributed by atoms with E-state index in [1.54, 1.807) is 24.3 Å². The molecule has 0 spiro atoms. The van der Waals surface area contributed by atoms with Gasteiger partial charge in [0, 0.05) is 25.8 Å². The van der Waals surface area contributed by atoms with Gasteiger partial charge in [-0.05, 0) is 79.3 Å². The maximum atomic E-state index is 12.7. The average molecular weight is 492 g/mol. The van der Waals surface area contributed by atoms with E-state index in [1.807, 2.05) is 18.3 Å². The number of hydrogen-bond acceptors (Lipinski definition) is 4. The first-order valence-corrected chi connectivity index (χ1v) is 13.5. The van der Waals surface area contributed by atoms with E-state index >= 15 is 0 Å². The van der Waals surface area contributed by atoms with Crippen molar-refractivity contribution in [3.8, 4) is 0 Å². The van der Waals surface area contributed by atoms with Gasteiger partial charge in [0.2, 0.25) is 0 Å². The zero-order valence-corrected chi connectivity index (χ0v) is 21.2. The minimum Gasteiger partial charge on any atom is -0.291 e. The molecule has 0 radical (unpaired) electrons. The van der Waals surface area contributed by atoms with E-state index in [2.05, 4.69) is 41.3 Å². The first-order chi connectivity index (χ1) is 18.2. The summed E-state index contributed by atoms with van der Waals surface area (Å²) in [6, 6.07) is 20.5. The Morgan fingerprint density at radius 3 is 2.38 bits per heavy atom. The highest BCUT2D eigenvalue weighted by Gasteiger charge is 2.34. The quantitative estimate of drug-likeness (QED) is 0.327. The van der Waals surface area contributed by atoms with Crippen LogP contribution in [0.5, 0.6) is 0 Å². The molecule has 3 aliphatic rings. The lowest BCUT2D eigenvalue weighted by Gasteiger charge is -2.37. The predicted octanol–water partition coefficient (Wildman–Crippen LogP) is 5.42. The van der Waals surface area contributed by atoms with Crippen LogP contribution in [0.1, 0.15) is 68.4 Å². The Hall–Kier alpha value is -3.57. The summed E-state index contributed by atoms with van der Waals surface area (Å²) in [5.41, 5.74) is 6.58. The van der Waals surface area contributed by atoms with Crippen molar-refractivity contribution in [3.05, 3.63) is 113 Å². The van der Waals surface area contributed by atoms with Crippen molar-refractivity contribution >= 4 is 11.8 Å². The van der Waals surface area contributed by atoms with Crippen LogP contribution < -0.4 is 0 Å². The van der Waals surface area contributed by atoms with Crippen LogP contribution in [0.25, 0.3) is 0 Å². The van der Waals surface area contributed by atoms with E-state index in [-0.39, 0.29) is 11.8 Å². The number of carbonyl (C=O) groups excluding carboxylic acids is 2. The van der Waals surface area contributed by atoms with Gasteiger partial charge in [-0.15, -0.1) is 0 Å². The smallest absolute Gasteiger partial charge is 0.261 e. The Bertz CT molecular complexity index is 1310. The number of rotatable bonds is 7. The van der Waals surface area contributed by atoms with Gasteiger partial charge in [0.25, 0.3) is 11.8 Å². The van der Waals surface area contributed by atoms with Crippen LogP contribution in [-0.2, 0) is 19.3 Å². The first-order valence-electron chi connectivity index (χ1n) is 13.5. The molecule has 0 saturated heterocycles. The largest absolute Gasteiger partial charge is 0.291 e. The second-order valence-corrected chi connectivity index (χ2v) is 10.5. The molecule has 3 aromatic rings. The number of hydrogen-bond donors (Lipinski definition) is 0. The predicted molar refractivity (Wildman–Crippen MR) is 144 cm³/mol. The topological polar surface area (TPSA) is 53.5 Å². The van der Waals surface area contributed by atoms with E-state index in [0.29, 0.717) is 29.6 Å². The van der Waals surface area contributed by atoms with Crippen molar-refractivity contribution < 1.29 is 9.59 Å². The van der Waals surface area contributed by atoms with Crippen LogP contribution >= 0.6 is 0 Å². The molecule has 6 rings (SSSR count). The fraction of sp³-hybridized carbons (Fsp3) is 0.344. The molecule has 0 fully saturated rings. The van der Waals surface area contributed by atoms with Gasteiger partial charge in [-0.3, -0.25) is 24.4 Å². The van der Waals surface area contributed by atoms with Crippen molar-refractivity contribution in [2.24, 2.45) is 5.92 Å². The number of imide groups is 1. The summed E-state index contributed by atoms with van der Waals surface area (Å²) < 4.78 is 0. The summed E-state index contributed by atoms with van der Waals surface area (Å²) in [7, 11) is 0. The number of pyridine rings is 1. The summed E-state index contributed by atoms with van der Waals surface area (Å²) in [6.07, 6.45) is 12.9. The standard InChI is InChI=1S/C32H33N3O2/c36-31-27-13-3-4-14-28(27)32(37)35(31)20-6-5-19-34(29-15-7-11-25-12-8-18-33-30(25)29)22-23-16-17-24-9-1-2-10-26(24)21-23/h1-6,8-10,12-14,18,23,29H,7,11,15-17,19-22H2/b6-5+/t23-,29+/m1/s1. The van der Waals surface area contributed by atoms with Crippen LogP contribution in [-0.4, -0.2) is 46.2 Å². The Balaban J connectivity index is 1.18. The van der Waals surface area contributed by atoms with Crippen molar-refractivity contribution in [3.63, 3.8) is 0 Å². The number of aromatic nitrogens is 1. The monoisotopic (exact) mass is 491 g/mol. The lowest BCUT2D eigenvalue weighted by atomic mass is 9.83. The molecule has 2 amide bonds. The number of amides is 2. The second-order valence-electron chi connectivity index (χ2n) is 10.5. The summed E-state index contributed by atoms with van der Waals surface area (Å²) >= 11 is 0. The van der Waals surface area contributed by atoms with Crippen molar-refractivity contribution in [1.29, 1.82) is 0 Å². The maximum Gasteiger partial charge on any atom is 0.261 e. The molecule has 1 aromatic heterocycles. The SMILES string of the molecule is O=C1c2ccccc2C(=O)N1C/C=C/CN(C[C@@H]1CCc2ccccc2C1)[C@H]1CCCc2cccnc21. The summed E-state index contributed by atoms with van der Waals surface area (Å²) in [4.78, 5) is 34.2. The summed E-state index contributed by atoms with van der Waals surface area (Å²) in [6.45, 7) is 2.10. The molecular weight excluding hydrogens is 458 g/mol. The Morgan fingerprint density at radius 1 is 0.838 bits per heavy atom. The molecule has 0 N–H and O–H groups in total. The van der Waals surface area contributed by atoms with Gasteiger partial charge >= 0.3 is 0 Å². The van der Waals surface area contributed by atoms with Gasteiger partial charge < -0.3 is 0 Å². The number of carbonyl (C=O) groups is 2. The molecule has 0 bridgehead atoms. The summed E-state index contributed by atoms with van der Waals surface area (Å²) in [5.74, 6) is 0.204. The third kappa shape index (κ3) is 4.76. The zero-order valence-electron chi connectivity index (χ0n) is 21.2.